The summed E-state index contributed by atoms with van der Waals surface area (Å²) in [4.78, 5) is 16.7. The lowest BCUT2D eigenvalue weighted by atomic mass is 9.97. The van der Waals surface area contributed by atoms with Crippen LogP contribution in [0.15, 0.2) is 41.3 Å². The van der Waals surface area contributed by atoms with E-state index < -0.39 is 15.7 Å². The van der Waals surface area contributed by atoms with E-state index >= 15 is 0 Å². The fraction of sp³-hybridized carbons (Fsp3) is 0.500. The van der Waals surface area contributed by atoms with Gasteiger partial charge in [-0.25, -0.2) is 8.42 Å². The normalized spacial score (nSPS) is 24.1. The van der Waals surface area contributed by atoms with Gasteiger partial charge in [0.1, 0.15) is 10.6 Å². The quantitative estimate of drug-likeness (QED) is 0.752. The van der Waals surface area contributed by atoms with Crippen molar-refractivity contribution in [2.45, 2.75) is 29.8 Å². The van der Waals surface area contributed by atoms with Crippen molar-refractivity contribution in [2.24, 2.45) is 0 Å². The van der Waals surface area contributed by atoms with Crippen LogP contribution in [-0.2, 0) is 14.8 Å². The minimum absolute atomic E-state index is 0.146. The molecule has 1 aromatic carbocycles. The zero-order valence-corrected chi connectivity index (χ0v) is 15.5. The number of nitrogens with one attached hydrogen (secondary N) is 2. The summed E-state index contributed by atoms with van der Waals surface area (Å²) >= 11 is 0. The molecule has 140 valence electrons. The third-order valence-corrected chi connectivity index (χ3v) is 6.95. The van der Waals surface area contributed by atoms with Gasteiger partial charge in [-0.3, -0.25) is 9.69 Å². The number of carbonyl (C=O) groups excluding carboxylic acids is 1. The van der Waals surface area contributed by atoms with Crippen LogP contribution in [0.3, 0.4) is 0 Å². The van der Waals surface area contributed by atoms with Crippen LogP contribution < -0.4 is 10.0 Å². The van der Waals surface area contributed by atoms with Gasteiger partial charge in [0.05, 0.1) is 12.2 Å². The Bertz CT molecular complexity index is 829. The average molecular weight is 376 g/mol. The largest absolute Gasteiger partial charge is 0.365 e. The number of likely N-dealkylation sites (tertiary alicyclic amines) is 1. The zero-order chi connectivity index (χ0) is 18.2. The molecule has 3 aliphatic heterocycles. The number of hydrogen-bond donors (Lipinski definition) is 2. The summed E-state index contributed by atoms with van der Waals surface area (Å²) in [6.07, 6.45) is 6.29. The third-order valence-electron chi connectivity index (χ3n) is 5.36. The summed E-state index contributed by atoms with van der Waals surface area (Å²) < 4.78 is 28.0. The van der Waals surface area contributed by atoms with Crippen LogP contribution >= 0.6 is 0 Å². The van der Waals surface area contributed by atoms with E-state index in [2.05, 4.69) is 21.0 Å². The van der Waals surface area contributed by atoms with Gasteiger partial charge in [-0.2, -0.15) is 4.72 Å². The number of benzene rings is 1. The molecule has 1 spiro atoms. The number of amides is 1. The van der Waals surface area contributed by atoms with Crippen molar-refractivity contribution in [3.05, 3.63) is 36.4 Å². The van der Waals surface area contributed by atoms with E-state index in [0.717, 1.165) is 13.0 Å². The second-order valence-corrected chi connectivity index (χ2v) is 8.84. The average Bonchev–Trinajstić information content (AvgIpc) is 2.64. The topological polar surface area (TPSA) is 81.8 Å². The fourth-order valence-corrected chi connectivity index (χ4v) is 5.42. The first-order valence-corrected chi connectivity index (χ1v) is 10.5. The van der Waals surface area contributed by atoms with Gasteiger partial charge in [0, 0.05) is 26.2 Å². The number of rotatable bonds is 2. The number of hydrogen-bond acceptors (Lipinski definition) is 5. The number of piperidine rings is 1. The van der Waals surface area contributed by atoms with Gasteiger partial charge in [-0.1, -0.05) is 24.3 Å². The van der Waals surface area contributed by atoms with Crippen molar-refractivity contribution in [1.29, 1.82) is 0 Å². The summed E-state index contributed by atoms with van der Waals surface area (Å²) in [5.41, 5.74) is -0.0171. The molecule has 26 heavy (non-hydrogen) atoms. The summed E-state index contributed by atoms with van der Waals surface area (Å²) in [6, 6.07) is 6.97. The standard InChI is InChI=1S/C18H24N4O3S/c23-17(22-10-4-1-5-11-22)14-21-12-8-18(9-13-21)19-15-6-2-3-7-16(15)26(24,25)20-18/h1-4,6-7,19-20H,5,8-14H2. The highest BCUT2D eigenvalue weighted by Gasteiger charge is 2.43. The monoisotopic (exact) mass is 376 g/mol. The number of anilines is 1. The van der Waals surface area contributed by atoms with Crippen molar-refractivity contribution in [2.75, 3.05) is 38.0 Å². The maximum absolute atomic E-state index is 12.6. The highest BCUT2D eigenvalue weighted by atomic mass is 32.2. The maximum atomic E-state index is 12.6. The molecule has 2 N–H and O–H groups in total. The Balaban J connectivity index is 1.41. The molecule has 0 radical (unpaired) electrons. The molecule has 0 saturated carbocycles. The van der Waals surface area contributed by atoms with Gasteiger partial charge in [-0.05, 0) is 31.4 Å². The fourth-order valence-electron chi connectivity index (χ4n) is 3.88. The second-order valence-electron chi connectivity index (χ2n) is 7.18. The number of para-hydroxylation sites is 1. The molecule has 0 aromatic heterocycles. The molecule has 1 saturated heterocycles. The predicted octanol–water partition coefficient (Wildman–Crippen LogP) is 0.971. The molecule has 1 aromatic rings. The summed E-state index contributed by atoms with van der Waals surface area (Å²) in [5.74, 6) is 0.146. The first-order valence-electron chi connectivity index (χ1n) is 9.04. The lowest BCUT2D eigenvalue weighted by Crippen LogP contribution is -2.62. The molecule has 1 fully saturated rings. The van der Waals surface area contributed by atoms with Crippen LogP contribution in [0, 0.1) is 0 Å². The molecular weight excluding hydrogens is 352 g/mol. The van der Waals surface area contributed by atoms with E-state index in [1.165, 1.54) is 0 Å². The van der Waals surface area contributed by atoms with E-state index in [1.54, 1.807) is 18.2 Å². The predicted molar refractivity (Wildman–Crippen MR) is 99.1 cm³/mol. The van der Waals surface area contributed by atoms with Gasteiger partial charge in [0.15, 0.2) is 0 Å². The van der Waals surface area contributed by atoms with Crippen molar-refractivity contribution in [3.63, 3.8) is 0 Å². The molecule has 8 heteroatoms. The zero-order valence-electron chi connectivity index (χ0n) is 14.6. The SMILES string of the molecule is O=C(CN1CCC2(CC1)Nc1ccccc1S(=O)(=O)N2)N1CC=CCC1. The van der Waals surface area contributed by atoms with E-state index in [0.29, 0.717) is 49.6 Å². The summed E-state index contributed by atoms with van der Waals surface area (Å²) in [7, 11) is -3.52. The Morgan fingerprint density at radius 1 is 1.12 bits per heavy atom. The van der Waals surface area contributed by atoms with E-state index in [9.17, 15) is 13.2 Å². The molecule has 7 nitrogen and oxygen atoms in total. The Morgan fingerprint density at radius 2 is 1.88 bits per heavy atom. The summed E-state index contributed by atoms with van der Waals surface area (Å²) in [5, 5.41) is 3.38. The van der Waals surface area contributed by atoms with Crippen LogP contribution in [0.25, 0.3) is 0 Å². The van der Waals surface area contributed by atoms with Gasteiger partial charge >= 0.3 is 0 Å². The first kappa shape index (κ1) is 17.5. The second kappa shape index (κ2) is 6.68. The van der Waals surface area contributed by atoms with E-state index in [-0.39, 0.29) is 5.91 Å². The number of carbonyl (C=O) groups is 1. The lowest BCUT2D eigenvalue weighted by molar-refractivity contribution is -0.132. The van der Waals surface area contributed by atoms with Gasteiger partial charge in [0.2, 0.25) is 15.9 Å². The van der Waals surface area contributed by atoms with E-state index in [4.69, 9.17) is 0 Å². The van der Waals surface area contributed by atoms with Gasteiger partial charge in [-0.15, -0.1) is 0 Å². The van der Waals surface area contributed by atoms with Crippen LogP contribution in [-0.4, -0.2) is 62.5 Å². The third kappa shape index (κ3) is 3.36. The number of sulfonamides is 1. The van der Waals surface area contributed by atoms with Gasteiger partial charge in [0.25, 0.3) is 0 Å². The Morgan fingerprint density at radius 3 is 2.62 bits per heavy atom. The molecule has 1 amide bonds. The molecule has 4 rings (SSSR count). The van der Waals surface area contributed by atoms with Gasteiger partial charge < -0.3 is 10.2 Å². The first-order chi connectivity index (χ1) is 12.5. The smallest absolute Gasteiger partial charge is 0.244 e. The maximum Gasteiger partial charge on any atom is 0.244 e. The lowest BCUT2D eigenvalue weighted by Gasteiger charge is -2.45. The number of fused-ring (bicyclic) bond motifs is 1. The van der Waals surface area contributed by atoms with Crippen LogP contribution in [0.4, 0.5) is 5.69 Å². The minimum atomic E-state index is -3.52. The molecule has 0 atom stereocenters. The van der Waals surface area contributed by atoms with Crippen molar-refractivity contribution < 1.29 is 13.2 Å². The molecule has 3 aliphatic rings. The highest BCUT2D eigenvalue weighted by molar-refractivity contribution is 7.89. The molecule has 3 heterocycles. The Kier molecular flexibility index (Phi) is 4.50. The molecule has 0 unspecified atom stereocenters. The van der Waals surface area contributed by atoms with Crippen molar-refractivity contribution in [3.8, 4) is 0 Å². The molecule has 0 bridgehead atoms. The van der Waals surface area contributed by atoms with Crippen LogP contribution in [0.5, 0.6) is 0 Å². The Hall–Kier alpha value is -1.90. The van der Waals surface area contributed by atoms with Crippen LogP contribution in [0.1, 0.15) is 19.3 Å². The molecule has 0 aliphatic carbocycles. The Labute approximate surface area is 154 Å². The molecular formula is C18H24N4O3S. The number of nitrogens with zero attached hydrogens (tertiary/aromatic N) is 2. The highest BCUT2D eigenvalue weighted by Crippen LogP contribution is 2.34. The van der Waals surface area contributed by atoms with E-state index in [1.807, 2.05) is 17.0 Å². The van der Waals surface area contributed by atoms with Crippen molar-refractivity contribution in [1.82, 2.24) is 14.5 Å². The van der Waals surface area contributed by atoms with Crippen LogP contribution in [0.2, 0.25) is 0 Å². The minimum Gasteiger partial charge on any atom is -0.365 e. The van der Waals surface area contributed by atoms with Crippen molar-refractivity contribution >= 4 is 21.6 Å². The summed E-state index contributed by atoms with van der Waals surface area (Å²) in [6.45, 7) is 3.22.